The highest BCUT2D eigenvalue weighted by Gasteiger charge is 2.25. The van der Waals surface area contributed by atoms with Crippen LogP contribution in [0.15, 0.2) is 24.3 Å². The van der Waals surface area contributed by atoms with Crippen molar-refractivity contribution in [3.8, 4) is 0 Å². The molecule has 1 aromatic carbocycles. The first-order valence-corrected chi connectivity index (χ1v) is 7.71. The van der Waals surface area contributed by atoms with E-state index in [0.717, 1.165) is 24.4 Å². The lowest BCUT2D eigenvalue weighted by atomic mass is 9.80. The number of amides is 1. The molecule has 1 amide bonds. The van der Waals surface area contributed by atoms with Gasteiger partial charge in [0, 0.05) is 18.4 Å². The van der Waals surface area contributed by atoms with Crippen LogP contribution < -0.4 is 10.6 Å². The largest absolute Gasteiger partial charge is 0.399 e. The van der Waals surface area contributed by atoms with E-state index in [9.17, 15) is 4.79 Å². The molecule has 1 aromatic rings. The number of benzene rings is 1. The Hall–Kier alpha value is -1.55. The molecule has 1 aliphatic carbocycles. The number of anilines is 2. The smallest absolute Gasteiger partial charge is 0.252 e. The zero-order valence-corrected chi connectivity index (χ0v) is 13.2. The summed E-state index contributed by atoms with van der Waals surface area (Å²) < 4.78 is 5.81. The molecule has 0 bridgehead atoms. The van der Waals surface area contributed by atoms with Crippen molar-refractivity contribution in [1.29, 1.82) is 0 Å². The maximum atomic E-state index is 12.2. The predicted molar refractivity (Wildman–Crippen MR) is 86.2 cm³/mol. The lowest BCUT2D eigenvalue weighted by molar-refractivity contribution is -0.126. The summed E-state index contributed by atoms with van der Waals surface area (Å²) in [5.74, 6) is 1.41. The number of hydrogen-bond donors (Lipinski definition) is 1. The minimum absolute atomic E-state index is 0.0222. The van der Waals surface area contributed by atoms with Gasteiger partial charge in [0.1, 0.15) is 6.61 Å². The Morgan fingerprint density at radius 3 is 2.52 bits per heavy atom. The summed E-state index contributed by atoms with van der Waals surface area (Å²) in [7, 11) is 1.77. The molecule has 0 aromatic heterocycles. The normalized spacial score (nSPS) is 25.6. The van der Waals surface area contributed by atoms with Gasteiger partial charge in [-0.25, -0.2) is 0 Å². The van der Waals surface area contributed by atoms with Crippen LogP contribution in [0.4, 0.5) is 11.4 Å². The minimum Gasteiger partial charge on any atom is -0.399 e. The maximum absolute atomic E-state index is 12.2. The number of rotatable bonds is 4. The fourth-order valence-corrected chi connectivity index (χ4v) is 2.78. The summed E-state index contributed by atoms with van der Waals surface area (Å²) in [6, 6.07) is 7.28. The van der Waals surface area contributed by atoms with Gasteiger partial charge in [-0.1, -0.05) is 13.8 Å². The van der Waals surface area contributed by atoms with E-state index in [1.807, 2.05) is 12.1 Å². The van der Waals surface area contributed by atoms with E-state index >= 15 is 0 Å². The van der Waals surface area contributed by atoms with Crippen LogP contribution in [0.25, 0.3) is 0 Å². The number of nitrogen functional groups attached to an aromatic ring is 1. The molecule has 0 aliphatic heterocycles. The van der Waals surface area contributed by atoms with Crippen molar-refractivity contribution in [2.45, 2.75) is 39.2 Å². The van der Waals surface area contributed by atoms with Crippen LogP contribution in [0.2, 0.25) is 0 Å². The van der Waals surface area contributed by atoms with Crippen LogP contribution >= 0.6 is 0 Å². The predicted octanol–water partition coefficient (Wildman–Crippen LogP) is 3.07. The maximum Gasteiger partial charge on any atom is 0.252 e. The van der Waals surface area contributed by atoms with E-state index in [4.69, 9.17) is 10.5 Å². The van der Waals surface area contributed by atoms with Gasteiger partial charge in [-0.05, 0) is 55.4 Å². The number of likely N-dealkylation sites (N-methyl/N-ethyl adjacent to an activating group) is 1. The Morgan fingerprint density at radius 1 is 1.24 bits per heavy atom. The third-order valence-electron chi connectivity index (χ3n) is 4.65. The molecule has 116 valence electrons. The number of ether oxygens (including phenoxy) is 1. The van der Waals surface area contributed by atoms with Crippen molar-refractivity contribution in [1.82, 2.24) is 0 Å². The molecule has 1 aliphatic rings. The summed E-state index contributed by atoms with van der Waals surface area (Å²) in [5.41, 5.74) is 7.19. The third-order valence-corrected chi connectivity index (χ3v) is 4.65. The number of nitrogens with zero attached hydrogens (tertiary/aromatic N) is 1. The summed E-state index contributed by atoms with van der Waals surface area (Å²) in [6.07, 6.45) is 3.53. The van der Waals surface area contributed by atoms with Gasteiger partial charge < -0.3 is 15.4 Å². The minimum atomic E-state index is -0.0222. The first-order valence-electron chi connectivity index (χ1n) is 7.71. The van der Waals surface area contributed by atoms with Crippen molar-refractivity contribution < 1.29 is 9.53 Å². The molecule has 4 nitrogen and oxygen atoms in total. The molecule has 2 N–H and O–H groups in total. The molecule has 1 fully saturated rings. The molecular weight excluding hydrogens is 264 g/mol. The Labute approximate surface area is 127 Å². The molecule has 3 unspecified atom stereocenters. The van der Waals surface area contributed by atoms with Crippen LogP contribution in [0.3, 0.4) is 0 Å². The van der Waals surface area contributed by atoms with Crippen molar-refractivity contribution in [3.63, 3.8) is 0 Å². The number of hydrogen-bond acceptors (Lipinski definition) is 3. The van der Waals surface area contributed by atoms with Crippen LogP contribution in [-0.2, 0) is 9.53 Å². The molecule has 1 saturated carbocycles. The van der Waals surface area contributed by atoms with Gasteiger partial charge in [-0.15, -0.1) is 0 Å². The molecule has 0 radical (unpaired) electrons. The zero-order valence-electron chi connectivity index (χ0n) is 13.2. The summed E-state index contributed by atoms with van der Waals surface area (Å²) >= 11 is 0. The Bertz CT molecular complexity index is 472. The molecule has 0 spiro atoms. The van der Waals surface area contributed by atoms with E-state index in [-0.39, 0.29) is 18.6 Å². The Balaban J connectivity index is 1.83. The first kappa shape index (κ1) is 15.8. The van der Waals surface area contributed by atoms with E-state index in [1.165, 1.54) is 6.42 Å². The lowest BCUT2D eigenvalue weighted by Gasteiger charge is -2.32. The highest BCUT2D eigenvalue weighted by molar-refractivity contribution is 5.93. The molecule has 3 atom stereocenters. The van der Waals surface area contributed by atoms with Crippen molar-refractivity contribution in [2.75, 3.05) is 24.3 Å². The van der Waals surface area contributed by atoms with E-state index < -0.39 is 0 Å². The van der Waals surface area contributed by atoms with Crippen molar-refractivity contribution in [3.05, 3.63) is 24.3 Å². The van der Waals surface area contributed by atoms with Crippen molar-refractivity contribution >= 4 is 17.3 Å². The van der Waals surface area contributed by atoms with Gasteiger partial charge in [0.15, 0.2) is 0 Å². The van der Waals surface area contributed by atoms with Crippen LogP contribution in [0.5, 0.6) is 0 Å². The monoisotopic (exact) mass is 290 g/mol. The average molecular weight is 290 g/mol. The van der Waals surface area contributed by atoms with Crippen molar-refractivity contribution in [2.24, 2.45) is 11.8 Å². The van der Waals surface area contributed by atoms with Gasteiger partial charge in [-0.2, -0.15) is 0 Å². The second kappa shape index (κ2) is 6.94. The lowest BCUT2D eigenvalue weighted by Crippen LogP contribution is -2.34. The summed E-state index contributed by atoms with van der Waals surface area (Å²) in [5, 5.41) is 0. The fraction of sp³-hybridized carbons (Fsp3) is 0.588. The fourth-order valence-electron chi connectivity index (χ4n) is 2.78. The zero-order chi connectivity index (χ0) is 15.4. The topological polar surface area (TPSA) is 55.6 Å². The number of carbonyl (C=O) groups excluding carboxylic acids is 1. The standard InChI is InChI=1S/C17H26N2O2/c1-12-4-9-16(10-13(12)2)21-11-17(20)19(3)15-7-5-14(18)6-8-15/h5-8,12-13,16H,4,9-11,18H2,1-3H3. The van der Waals surface area contributed by atoms with E-state index in [1.54, 1.807) is 24.1 Å². The highest BCUT2D eigenvalue weighted by Crippen LogP contribution is 2.30. The second-order valence-electron chi connectivity index (χ2n) is 6.24. The number of nitrogens with two attached hydrogens (primary N) is 1. The summed E-state index contributed by atoms with van der Waals surface area (Å²) in [4.78, 5) is 13.8. The molecule has 21 heavy (non-hydrogen) atoms. The Kier molecular flexibility index (Phi) is 5.23. The van der Waals surface area contributed by atoms with Gasteiger partial charge in [0.25, 0.3) is 5.91 Å². The average Bonchev–Trinajstić information content (AvgIpc) is 2.48. The molecule has 2 rings (SSSR count). The van der Waals surface area contributed by atoms with Crippen LogP contribution in [0, 0.1) is 11.8 Å². The van der Waals surface area contributed by atoms with Gasteiger partial charge in [0.05, 0.1) is 6.10 Å². The van der Waals surface area contributed by atoms with E-state index in [0.29, 0.717) is 11.6 Å². The van der Waals surface area contributed by atoms with Crippen LogP contribution in [-0.4, -0.2) is 25.7 Å². The molecule has 4 heteroatoms. The Morgan fingerprint density at radius 2 is 1.90 bits per heavy atom. The van der Waals surface area contributed by atoms with E-state index in [2.05, 4.69) is 13.8 Å². The third kappa shape index (κ3) is 4.21. The summed E-state index contributed by atoms with van der Waals surface area (Å²) in [6.45, 7) is 4.70. The SMILES string of the molecule is CC1CCC(OCC(=O)N(C)c2ccc(N)cc2)CC1C. The quantitative estimate of drug-likeness (QED) is 0.867. The van der Waals surface area contributed by atoms with Gasteiger partial charge in [-0.3, -0.25) is 4.79 Å². The first-order chi connectivity index (χ1) is 9.97. The molecule has 0 heterocycles. The molecular formula is C17H26N2O2. The number of carbonyl (C=O) groups is 1. The van der Waals surface area contributed by atoms with Crippen LogP contribution in [0.1, 0.15) is 33.1 Å². The van der Waals surface area contributed by atoms with Gasteiger partial charge in [0.2, 0.25) is 0 Å². The second-order valence-corrected chi connectivity index (χ2v) is 6.24. The highest BCUT2D eigenvalue weighted by atomic mass is 16.5. The van der Waals surface area contributed by atoms with Gasteiger partial charge >= 0.3 is 0 Å². The molecule has 0 saturated heterocycles.